The maximum atomic E-state index is 13.3. The number of hydrogen-bond donors (Lipinski definition) is 0. The number of carbonyl (C=O) groups excluding carboxylic acids is 3. The number of furan rings is 1. The first-order chi connectivity index (χ1) is 23.3. The van der Waals surface area contributed by atoms with Gasteiger partial charge in [-0.3, -0.25) is 24.2 Å². The van der Waals surface area contributed by atoms with Crippen LogP contribution >= 0.6 is 0 Å². The summed E-state index contributed by atoms with van der Waals surface area (Å²) in [6.45, 7) is 12.4. The van der Waals surface area contributed by atoms with E-state index in [1.807, 2.05) is 47.4 Å². The van der Waals surface area contributed by atoms with Crippen LogP contribution in [0.5, 0.6) is 0 Å². The molecule has 1 aromatic heterocycles. The zero-order valence-corrected chi connectivity index (χ0v) is 27.7. The Hall–Kier alpha value is -4.98. The molecular formula is C38H42N6O4. The topological polar surface area (TPSA) is 104 Å². The number of fused-ring (bicyclic) bond motifs is 1. The fourth-order valence-corrected chi connectivity index (χ4v) is 6.52. The molecule has 248 valence electrons. The van der Waals surface area contributed by atoms with Gasteiger partial charge in [0.2, 0.25) is 11.7 Å². The highest BCUT2D eigenvalue weighted by Gasteiger charge is 2.26. The van der Waals surface area contributed by atoms with Gasteiger partial charge < -0.3 is 19.1 Å². The van der Waals surface area contributed by atoms with Crippen LogP contribution in [-0.4, -0.2) is 111 Å². The van der Waals surface area contributed by atoms with Crippen molar-refractivity contribution in [1.29, 1.82) is 5.26 Å². The van der Waals surface area contributed by atoms with Crippen molar-refractivity contribution in [3.8, 4) is 6.07 Å². The lowest BCUT2D eigenvalue weighted by Gasteiger charge is -2.38. The number of Topliss-reactive ketones (excluding diaryl/α,β-unsaturated/α-hetero) is 1. The van der Waals surface area contributed by atoms with Crippen LogP contribution in [-0.2, 0) is 4.79 Å². The van der Waals surface area contributed by atoms with Crippen LogP contribution in [0.4, 0.5) is 11.4 Å². The molecular weight excluding hydrogens is 604 g/mol. The van der Waals surface area contributed by atoms with Crippen LogP contribution < -0.4 is 9.80 Å². The first kappa shape index (κ1) is 32.9. The second-order valence-electron chi connectivity index (χ2n) is 12.4. The third-order valence-electron chi connectivity index (χ3n) is 9.51. The summed E-state index contributed by atoms with van der Waals surface area (Å²) in [4.78, 5) is 49.8. The largest absolute Gasteiger partial charge is 0.452 e. The number of carbonyl (C=O) groups is 3. The van der Waals surface area contributed by atoms with E-state index in [1.165, 1.54) is 0 Å². The fourth-order valence-electron chi connectivity index (χ4n) is 6.52. The molecule has 3 aromatic carbocycles. The molecule has 0 N–H and O–H groups in total. The number of ketones is 2. The van der Waals surface area contributed by atoms with Gasteiger partial charge in [-0.15, -0.1) is 0 Å². The molecule has 1 amide bonds. The summed E-state index contributed by atoms with van der Waals surface area (Å²) in [5.41, 5.74) is 4.55. The Balaban J connectivity index is 0.953. The lowest BCUT2D eigenvalue weighted by Crippen LogP contribution is -2.54. The zero-order valence-electron chi connectivity index (χ0n) is 27.7. The molecule has 2 fully saturated rings. The third-order valence-corrected chi connectivity index (χ3v) is 9.51. The summed E-state index contributed by atoms with van der Waals surface area (Å²) in [6.07, 6.45) is 0. The second-order valence-corrected chi connectivity index (χ2v) is 12.4. The van der Waals surface area contributed by atoms with Gasteiger partial charge in [0.05, 0.1) is 24.7 Å². The van der Waals surface area contributed by atoms with Gasteiger partial charge in [-0.25, -0.2) is 0 Å². The highest BCUT2D eigenvalue weighted by Crippen LogP contribution is 2.27. The first-order valence-corrected chi connectivity index (χ1v) is 16.8. The number of anilines is 2. The predicted octanol–water partition coefficient (Wildman–Crippen LogP) is 4.53. The Bertz CT molecular complexity index is 1790. The summed E-state index contributed by atoms with van der Waals surface area (Å²) in [5, 5.41) is 9.87. The van der Waals surface area contributed by atoms with Crippen LogP contribution in [0.2, 0.25) is 0 Å². The molecule has 2 aliphatic heterocycles. The van der Waals surface area contributed by atoms with E-state index in [1.54, 1.807) is 24.3 Å². The van der Waals surface area contributed by atoms with E-state index in [0.717, 1.165) is 69.1 Å². The van der Waals surface area contributed by atoms with Gasteiger partial charge >= 0.3 is 0 Å². The molecule has 2 saturated heterocycles. The quantitative estimate of drug-likeness (QED) is 0.218. The lowest BCUT2D eigenvalue weighted by atomic mass is 10.1. The highest BCUT2D eigenvalue weighted by molar-refractivity contribution is 6.09. The molecule has 6 rings (SSSR count). The molecule has 0 spiro atoms. The molecule has 3 heterocycles. The van der Waals surface area contributed by atoms with E-state index in [4.69, 9.17) is 9.68 Å². The number of nitrogens with zero attached hydrogens (tertiary/aromatic N) is 6. The van der Waals surface area contributed by atoms with Crippen molar-refractivity contribution in [3.63, 3.8) is 0 Å². The minimum absolute atomic E-state index is 0.0406. The van der Waals surface area contributed by atoms with Crippen molar-refractivity contribution in [3.05, 3.63) is 95.2 Å². The average molecular weight is 647 g/mol. The molecule has 4 aromatic rings. The van der Waals surface area contributed by atoms with Crippen LogP contribution in [0.25, 0.3) is 11.0 Å². The number of benzene rings is 3. The second kappa shape index (κ2) is 14.8. The Morgan fingerprint density at radius 1 is 0.750 bits per heavy atom. The van der Waals surface area contributed by atoms with Gasteiger partial charge in [0, 0.05) is 99.4 Å². The molecule has 48 heavy (non-hydrogen) atoms. The van der Waals surface area contributed by atoms with E-state index in [0.29, 0.717) is 54.2 Å². The lowest BCUT2D eigenvalue weighted by molar-refractivity contribution is -0.133. The van der Waals surface area contributed by atoms with E-state index in [2.05, 4.69) is 45.6 Å². The van der Waals surface area contributed by atoms with Crippen LogP contribution in [0.3, 0.4) is 0 Å². The molecule has 10 nitrogen and oxygen atoms in total. The Labute approximate surface area is 281 Å². The van der Waals surface area contributed by atoms with Crippen LogP contribution in [0, 0.1) is 11.3 Å². The van der Waals surface area contributed by atoms with Gasteiger partial charge in [-0.1, -0.05) is 12.1 Å². The normalized spacial score (nSPS) is 15.8. The van der Waals surface area contributed by atoms with E-state index in [-0.39, 0.29) is 17.5 Å². The van der Waals surface area contributed by atoms with Crippen molar-refractivity contribution in [2.24, 2.45) is 0 Å². The minimum Gasteiger partial charge on any atom is -0.452 e. The van der Waals surface area contributed by atoms with Gasteiger partial charge in [0.25, 0.3) is 0 Å². The monoisotopic (exact) mass is 646 g/mol. The molecule has 0 aliphatic carbocycles. The number of amides is 1. The summed E-state index contributed by atoms with van der Waals surface area (Å²) >= 11 is 0. The number of hydrogen-bond acceptors (Lipinski definition) is 9. The smallest absolute Gasteiger partial charge is 0.236 e. The van der Waals surface area contributed by atoms with Crippen LogP contribution in [0.1, 0.15) is 45.9 Å². The highest BCUT2D eigenvalue weighted by atomic mass is 16.3. The predicted molar refractivity (Wildman–Crippen MR) is 187 cm³/mol. The van der Waals surface area contributed by atoms with Crippen molar-refractivity contribution in [1.82, 2.24) is 14.7 Å². The molecule has 0 unspecified atom stereocenters. The fraction of sp³-hybridized carbons (Fsp3) is 0.368. The van der Waals surface area contributed by atoms with Gasteiger partial charge in [-0.05, 0) is 68.4 Å². The maximum Gasteiger partial charge on any atom is 0.236 e. The summed E-state index contributed by atoms with van der Waals surface area (Å²) in [5.74, 6) is 0.363. The van der Waals surface area contributed by atoms with Crippen molar-refractivity contribution in [2.45, 2.75) is 13.8 Å². The Morgan fingerprint density at radius 2 is 1.38 bits per heavy atom. The maximum absolute atomic E-state index is 13.3. The number of piperazine rings is 2. The SMILES string of the molecule is CCN(CC)c1ccc2cc(C(=O)c3ccc(N4CCN(C(=O)CN5CCN(CC(=O)c6ccc(C#N)cc6)CC5)CC4)cc3)oc2c1. The average Bonchev–Trinajstić information content (AvgIpc) is 3.56. The van der Waals surface area contributed by atoms with Crippen molar-refractivity contribution < 1.29 is 18.8 Å². The molecule has 0 saturated carbocycles. The van der Waals surface area contributed by atoms with E-state index < -0.39 is 0 Å². The van der Waals surface area contributed by atoms with Crippen molar-refractivity contribution >= 4 is 39.8 Å². The Morgan fingerprint density at radius 3 is 2.00 bits per heavy atom. The standard InChI is InChI=1S/C38H42N6O4/c1-3-42(4-2)33-14-11-31-23-36(48-35(31)24-33)38(47)30-9-12-32(13-10-30)43-19-21-44(22-20-43)37(46)27-41-17-15-40(16-18-41)26-34(45)29-7-5-28(25-39)6-8-29/h5-14,23-24H,3-4,15-22,26-27H2,1-2H3. The molecule has 0 radical (unpaired) electrons. The van der Waals surface area contributed by atoms with Crippen LogP contribution in [0.15, 0.2) is 77.2 Å². The van der Waals surface area contributed by atoms with Gasteiger partial charge in [-0.2, -0.15) is 5.26 Å². The first-order valence-electron chi connectivity index (χ1n) is 16.8. The minimum atomic E-state index is -0.142. The molecule has 10 heteroatoms. The van der Waals surface area contributed by atoms with E-state index in [9.17, 15) is 14.4 Å². The summed E-state index contributed by atoms with van der Waals surface area (Å²) in [6, 6.07) is 24.3. The zero-order chi connectivity index (χ0) is 33.6. The Kier molecular flexibility index (Phi) is 10.2. The number of rotatable bonds is 11. The molecule has 0 bridgehead atoms. The summed E-state index contributed by atoms with van der Waals surface area (Å²) in [7, 11) is 0. The van der Waals surface area contributed by atoms with Gasteiger partial charge in [0.15, 0.2) is 11.5 Å². The number of nitriles is 1. The molecule has 2 aliphatic rings. The molecule has 0 atom stereocenters. The third kappa shape index (κ3) is 7.43. The summed E-state index contributed by atoms with van der Waals surface area (Å²) < 4.78 is 5.99. The van der Waals surface area contributed by atoms with Gasteiger partial charge in [0.1, 0.15) is 5.58 Å². The van der Waals surface area contributed by atoms with E-state index >= 15 is 0 Å². The van der Waals surface area contributed by atoms with Crippen molar-refractivity contribution in [2.75, 3.05) is 88.3 Å².